The van der Waals surface area contributed by atoms with E-state index in [0.717, 1.165) is 60.7 Å². The summed E-state index contributed by atoms with van der Waals surface area (Å²) in [6.45, 7) is 1.02. The number of nitrogens with zero attached hydrogens (tertiary/aromatic N) is 2. The largest absolute Gasteiger partial charge is 0.352 e. The summed E-state index contributed by atoms with van der Waals surface area (Å²) < 4.78 is 42.0. The lowest BCUT2D eigenvalue weighted by Gasteiger charge is -2.33. The Morgan fingerprint density at radius 3 is 2.24 bits per heavy atom. The minimum Gasteiger partial charge on any atom is -0.352 e. The Balaban J connectivity index is 1.66. The van der Waals surface area contributed by atoms with Gasteiger partial charge in [-0.3, -0.25) is 13.9 Å². The maximum Gasteiger partial charge on any atom is 0.264 e. The lowest BCUT2D eigenvalue weighted by molar-refractivity contribution is -0.139. The first-order valence-electron chi connectivity index (χ1n) is 13.4. The second kappa shape index (κ2) is 13.7. The molecule has 1 aliphatic carbocycles. The Morgan fingerprint density at radius 1 is 0.951 bits per heavy atom. The molecule has 0 spiro atoms. The first kappa shape index (κ1) is 30.8. The van der Waals surface area contributed by atoms with Crippen LogP contribution < -0.4 is 9.62 Å². The molecule has 0 heterocycles. The Hall–Kier alpha value is -3.14. The quantitative estimate of drug-likeness (QED) is 0.293. The van der Waals surface area contributed by atoms with Gasteiger partial charge >= 0.3 is 0 Å². The number of anilines is 1. The molecule has 0 radical (unpaired) electrons. The second-order valence-corrected chi connectivity index (χ2v) is 12.8. The van der Waals surface area contributed by atoms with Crippen LogP contribution in [0.2, 0.25) is 10.0 Å². The number of rotatable bonds is 10. The van der Waals surface area contributed by atoms with Gasteiger partial charge in [-0.25, -0.2) is 12.8 Å². The summed E-state index contributed by atoms with van der Waals surface area (Å²) in [5.41, 5.74) is 0.872. The summed E-state index contributed by atoms with van der Waals surface area (Å²) in [5, 5.41) is 3.70. The van der Waals surface area contributed by atoms with Crippen molar-refractivity contribution in [2.24, 2.45) is 0 Å². The van der Waals surface area contributed by atoms with Crippen LogP contribution in [0.1, 0.15) is 44.6 Å². The molecule has 3 aromatic carbocycles. The highest BCUT2D eigenvalue weighted by molar-refractivity contribution is 7.92. The van der Waals surface area contributed by atoms with Gasteiger partial charge in [0.15, 0.2) is 0 Å². The van der Waals surface area contributed by atoms with Crippen LogP contribution in [0.4, 0.5) is 10.1 Å². The van der Waals surface area contributed by atoms with Crippen LogP contribution in [0.15, 0.2) is 77.7 Å². The summed E-state index contributed by atoms with van der Waals surface area (Å²) in [6, 6.07) is 16.6. The number of nitrogens with one attached hydrogen (secondary N) is 1. The molecule has 218 valence electrons. The standard InChI is InChI=1S/C30H32Cl2FN3O4S/c1-21(30(38)34-24-8-4-2-5-9-24)35(19-22-12-17-27(31)28(32)18-22)29(37)20-36(25-10-6-3-7-11-25)41(39,40)26-15-13-23(33)14-16-26/h3,6-7,10-18,21,24H,2,4-5,8-9,19-20H2,1H3,(H,34,38). The molecular weight excluding hydrogens is 588 g/mol. The Kier molecular flexibility index (Phi) is 10.3. The third-order valence-corrected chi connectivity index (χ3v) is 9.71. The molecule has 0 bridgehead atoms. The average molecular weight is 621 g/mol. The fourth-order valence-electron chi connectivity index (χ4n) is 4.84. The molecule has 1 saturated carbocycles. The van der Waals surface area contributed by atoms with Gasteiger partial charge in [0.1, 0.15) is 18.4 Å². The van der Waals surface area contributed by atoms with E-state index in [4.69, 9.17) is 23.2 Å². The molecular formula is C30H32Cl2FN3O4S. The van der Waals surface area contributed by atoms with Gasteiger partial charge in [0.25, 0.3) is 10.0 Å². The highest BCUT2D eigenvalue weighted by atomic mass is 35.5. The minimum atomic E-state index is -4.27. The maximum absolute atomic E-state index is 14.0. The third kappa shape index (κ3) is 7.78. The molecule has 3 aromatic rings. The van der Waals surface area contributed by atoms with Gasteiger partial charge in [0, 0.05) is 12.6 Å². The Morgan fingerprint density at radius 2 is 1.61 bits per heavy atom. The molecule has 1 unspecified atom stereocenters. The lowest BCUT2D eigenvalue weighted by Crippen LogP contribution is -2.53. The first-order chi connectivity index (χ1) is 19.6. The smallest absolute Gasteiger partial charge is 0.264 e. The number of carbonyl (C=O) groups is 2. The SMILES string of the molecule is CC(C(=O)NC1CCCCC1)N(Cc1ccc(Cl)c(Cl)c1)C(=O)CN(c1ccccc1)S(=O)(=O)c1ccc(F)cc1. The molecule has 1 fully saturated rings. The van der Waals surface area contributed by atoms with Gasteiger partial charge in [-0.05, 0) is 73.9 Å². The summed E-state index contributed by atoms with van der Waals surface area (Å²) >= 11 is 12.3. The molecule has 1 N–H and O–H groups in total. The van der Waals surface area contributed by atoms with Crippen LogP contribution in [-0.2, 0) is 26.2 Å². The number of carbonyl (C=O) groups excluding carboxylic acids is 2. The van der Waals surface area contributed by atoms with Crippen molar-refractivity contribution in [3.63, 3.8) is 0 Å². The number of hydrogen-bond acceptors (Lipinski definition) is 4. The minimum absolute atomic E-state index is 0.00575. The van der Waals surface area contributed by atoms with E-state index in [0.29, 0.717) is 15.6 Å². The zero-order valence-electron chi connectivity index (χ0n) is 22.6. The molecule has 7 nitrogen and oxygen atoms in total. The van der Waals surface area contributed by atoms with Gasteiger partial charge in [-0.2, -0.15) is 0 Å². The molecule has 41 heavy (non-hydrogen) atoms. The Bertz CT molecular complexity index is 1470. The molecule has 0 saturated heterocycles. The van der Waals surface area contributed by atoms with Crippen LogP contribution in [0.5, 0.6) is 0 Å². The Labute approximate surface area is 250 Å². The van der Waals surface area contributed by atoms with Gasteiger partial charge in [0.05, 0.1) is 20.6 Å². The van der Waals surface area contributed by atoms with Crippen molar-refractivity contribution in [1.29, 1.82) is 0 Å². The molecule has 2 amide bonds. The van der Waals surface area contributed by atoms with Crippen molar-refractivity contribution in [1.82, 2.24) is 10.2 Å². The van der Waals surface area contributed by atoms with Crippen molar-refractivity contribution >= 4 is 50.7 Å². The lowest BCUT2D eigenvalue weighted by atomic mass is 9.95. The maximum atomic E-state index is 14.0. The van der Waals surface area contributed by atoms with Crippen molar-refractivity contribution in [3.8, 4) is 0 Å². The van der Waals surface area contributed by atoms with Crippen LogP contribution in [-0.4, -0.2) is 43.8 Å². The number of hydrogen-bond donors (Lipinski definition) is 1. The number of sulfonamides is 1. The number of amides is 2. The second-order valence-electron chi connectivity index (χ2n) is 10.1. The highest BCUT2D eigenvalue weighted by Crippen LogP contribution is 2.27. The van der Waals surface area contributed by atoms with Crippen molar-refractivity contribution in [2.45, 2.75) is 62.6 Å². The van der Waals surface area contributed by atoms with Crippen LogP contribution in [0, 0.1) is 5.82 Å². The zero-order chi connectivity index (χ0) is 29.6. The summed E-state index contributed by atoms with van der Waals surface area (Å²) in [6.07, 6.45) is 4.92. The average Bonchev–Trinajstić information content (AvgIpc) is 2.97. The molecule has 0 aromatic heterocycles. The van der Waals surface area contributed by atoms with E-state index in [-0.39, 0.29) is 29.1 Å². The van der Waals surface area contributed by atoms with Gasteiger partial charge < -0.3 is 10.2 Å². The van der Waals surface area contributed by atoms with E-state index >= 15 is 0 Å². The van der Waals surface area contributed by atoms with E-state index < -0.39 is 34.3 Å². The fraction of sp³-hybridized carbons (Fsp3) is 0.333. The van der Waals surface area contributed by atoms with Gasteiger partial charge in [-0.1, -0.05) is 66.7 Å². The molecule has 1 aliphatic rings. The molecule has 0 aliphatic heterocycles. The van der Waals surface area contributed by atoms with E-state index in [1.807, 2.05) is 0 Å². The molecule has 1 atom stereocenters. The highest BCUT2D eigenvalue weighted by Gasteiger charge is 2.33. The third-order valence-electron chi connectivity index (χ3n) is 7.18. The van der Waals surface area contributed by atoms with Crippen molar-refractivity contribution in [3.05, 3.63) is 94.2 Å². The number of para-hydroxylation sites is 1. The van der Waals surface area contributed by atoms with E-state index in [2.05, 4.69) is 5.32 Å². The van der Waals surface area contributed by atoms with Crippen molar-refractivity contribution < 1.29 is 22.4 Å². The summed E-state index contributed by atoms with van der Waals surface area (Å²) in [7, 11) is -4.27. The van der Waals surface area contributed by atoms with Gasteiger partial charge in [-0.15, -0.1) is 0 Å². The topological polar surface area (TPSA) is 86.8 Å². The fourth-order valence-corrected chi connectivity index (χ4v) is 6.58. The van der Waals surface area contributed by atoms with Crippen molar-refractivity contribution in [2.75, 3.05) is 10.8 Å². The molecule has 11 heteroatoms. The van der Waals surface area contributed by atoms with Gasteiger partial charge in [0.2, 0.25) is 11.8 Å². The monoisotopic (exact) mass is 619 g/mol. The number of benzene rings is 3. The van der Waals surface area contributed by atoms with E-state index in [1.165, 1.54) is 4.90 Å². The first-order valence-corrected chi connectivity index (χ1v) is 15.6. The number of halogens is 3. The summed E-state index contributed by atoms with van der Waals surface area (Å²) in [4.78, 5) is 28.5. The summed E-state index contributed by atoms with van der Waals surface area (Å²) in [5.74, 6) is -1.51. The molecule has 4 rings (SSSR count). The zero-order valence-corrected chi connectivity index (χ0v) is 24.9. The van der Waals surface area contributed by atoms with E-state index in [9.17, 15) is 22.4 Å². The van der Waals surface area contributed by atoms with Crippen LogP contribution >= 0.6 is 23.2 Å². The van der Waals surface area contributed by atoms with E-state index in [1.54, 1.807) is 55.5 Å². The predicted octanol–water partition coefficient (Wildman–Crippen LogP) is 6.19. The normalized spacial score (nSPS) is 14.7. The van der Waals surface area contributed by atoms with Crippen LogP contribution in [0.3, 0.4) is 0 Å². The van der Waals surface area contributed by atoms with Crippen LogP contribution in [0.25, 0.3) is 0 Å². The predicted molar refractivity (Wildman–Crippen MR) is 159 cm³/mol.